The number of rotatable bonds is 55. The van der Waals surface area contributed by atoms with Gasteiger partial charge < -0.3 is 14.2 Å². The molecular weight excluding hydrogens is 937 g/mol. The molecule has 0 bridgehead atoms. The molecule has 1 atom stereocenters. The zero-order valence-corrected chi connectivity index (χ0v) is 49.2. The summed E-state index contributed by atoms with van der Waals surface area (Å²) in [6.45, 7) is 6.33. The predicted molar refractivity (Wildman–Crippen MR) is 329 cm³/mol. The summed E-state index contributed by atoms with van der Waals surface area (Å²) in [5.41, 5.74) is 0. The van der Waals surface area contributed by atoms with Crippen LogP contribution in [0.3, 0.4) is 0 Å². The first kappa shape index (κ1) is 71.5. The van der Waals surface area contributed by atoms with E-state index in [0.29, 0.717) is 19.3 Å². The Morgan fingerprint density at radius 1 is 0.276 bits per heavy atom. The van der Waals surface area contributed by atoms with Crippen LogP contribution in [-0.2, 0) is 28.6 Å². The lowest BCUT2D eigenvalue weighted by atomic mass is 10.1. The molecule has 0 aliphatic heterocycles. The molecule has 0 fully saturated rings. The molecule has 0 N–H and O–H groups in total. The van der Waals surface area contributed by atoms with E-state index in [0.717, 1.165) is 154 Å². The normalized spacial score (nSPS) is 13.0. The summed E-state index contributed by atoms with van der Waals surface area (Å²) in [7, 11) is 0. The van der Waals surface area contributed by atoms with Crippen LogP contribution in [0.25, 0.3) is 0 Å². The van der Waals surface area contributed by atoms with Crippen molar-refractivity contribution in [3.8, 4) is 0 Å². The summed E-state index contributed by atoms with van der Waals surface area (Å²) in [6, 6.07) is 0. The third kappa shape index (κ3) is 60.4. The highest BCUT2D eigenvalue weighted by Gasteiger charge is 2.19. The molecule has 0 aromatic rings. The van der Waals surface area contributed by atoms with Crippen molar-refractivity contribution in [1.29, 1.82) is 0 Å². The smallest absolute Gasteiger partial charge is 0.306 e. The molecule has 0 rings (SSSR count). The molecule has 1 unspecified atom stereocenters. The van der Waals surface area contributed by atoms with Gasteiger partial charge in [-0.3, -0.25) is 14.4 Å². The fourth-order valence-electron chi connectivity index (χ4n) is 8.26. The van der Waals surface area contributed by atoms with E-state index in [1.807, 2.05) is 0 Å². The fourth-order valence-corrected chi connectivity index (χ4v) is 8.26. The second kappa shape index (κ2) is 63.1. The molecule has 0 heterocycles. The average molecular weight is 1050 g/mol. The maximum Gasteiger partial charge on any atom is 0.306 e. The molecule has 6 heteroatoms. The largest absolute Gasteiger partial charge is 0.462 e. The van der Waals surface area contributed by atoms with E-state index in [1.165, 1.54) is 77.0 Å². The maximum absolute atomic E-state index is 12.9. The van der Waals surface area contributed by atoms with Gasteiger partial charge in [-0.2, -0.15) is 0 Å². The topological polar surface area (TPSA) is 78.9 Å². The Bertz CT molecular complexity index is 1630. The van der Waals surface area contributed by atoms with Gasteiger partial charge in [0.15, 0.2) is 6.10 Å². The molecule has 0 radical (unpaired) electrons. The van der Waals surface area contributed by atoms with Crippen LogP contribution in [0.2, 0.25) is 0 Å². The molecule has 6 nitrogen and oxygen atoms in total. The first-order valence-electron chi connectivity index (χ1n) is 31.2. The van der Waals surface area contributed by atoms with E-state index in [4.69, 9.17) is 14.2 Å². The number of ether oxygens (including phenoxy) is 3. The second-order valence-corrected chi connectivity index (χ2v) is 20.2. The minimum atomic E-state index is -0.795. The Morgan fingerprint density at radius 3 is 0.816 bits per heavy atom. The van der Waals surface area contributed by atoms with Crippen molar-refractivity contribution in [2.24, 2.45) is 0 Å². The zero-order valence-electron chi connectivity index (χ0n) is 49.2. The van der Waals surface area contributed by atoms with E-state index >= 15 is 0 Å². The molecule has 0 saturated heterocycles. The maximum atomic E-state index is 12.9. The van der Waals surface area contributed by atoms with Crippen LogP contribution >= 0.6 is 0 Å². The highest BCUT2D eigenvalue weighted by molar-refractivity contribution is 5.71. The van der Waals surface area contributed by atoms with Gasteiger partial charge in [-0.25, -0.2) is 0 Å². The Balaban J connectivity index is 4.28. The Kier molecular flexibility index (Phi) is 59.4. The van der Waals surface area contributed by atoms with Crippen LogP contribution in [0.15, 0.2) is 134 Å². The Hall–Kier alpha value is -4.45. The van der Waals surface area contributed by atoms with Crippen LogP contribution in [0.4, 0.5) is 0 Å². The SMILES string of the molecule is CC/C=C\C/C=C\C/C=C\C/C=C\C/C=C\C/C=C\CCCCCCCCCCCCC(=O)OCC(COC(=O)CCCCCCC/C=C\CCC)OC(=O)CCCCCCCC/C=C\C/C=C\C/C=C\C/C=C\CC. The third-order valence-corrected chi connectivity index (χ3v) is 12.9. The number of unbranched alkanes of at least 4 members (excludes halogenated alkanes) is 22. The Morgan fingerprint density at radius 2 is 0.513 bits per heavy atom. The van der Waals surface area contributed by atoms with Gasteiger partial charge >= 0.3 is 17.9 Å². The van der Waals surface area contributed by atoms with E-state index in [1.54, 1.807) is 0 Å². The molecule has 0 amide bonds. The lowest BCUT2D eigenvalue weighted by molar-refractivity contribution is -0.167. The number of allylic oxidation sites excluding steroid dienone is 22. The van der Waals surface area contributed by atoms with Gasteiger partial charge in [0, 0.05) is 19.3 Å². The zero-order chi connectivity index (χ0) is 55.0. The summed E-state index contributed by atoms with van der Waals surface area (Å²) in [4.78, 5) is 38.2. The molecule has 0 aliphatic carbocycles. The van der Waals surface area contributed by atoms with E-state index in [-0.39, 0.29) is 31.1 Å². The van der Waals surface area contributed by atoms with Crippen molar-refractivity contribution in [2.45, 2.75) is 277 Å². The van der Waals surface area contributed by atoms with Crippen molar-refractivity contribution in [3.05, 3.63) is 134 Å². The van der Waals surface area contributed by atoms with Crippen molar-refractivity contribution in [2.75, 3.05) is 13.2 Å². The van der Waals surface area contributed by atoms with Crippen molar-refractivity contribution < 1.29 is 28.6 Å². The molecule has 0 aromatic heterocycles. The highest BCUT2D eigenvalue weighted by atomic mass is 16.6. The number of hydrogen-bond donors (Lipinski definition) is 0. The highest BCUT2D eigenvalue weighted by Crippen LogP contribution is 2.15. The van der Waals surface area contributed by atoms with Crippen LogP contribution in [-0.4, -0.2) is 37.2 Å². The van der Waals surface area contributed by atoms with Gasteiger partial charge in [-0.05, 0) is 128 Å². The number of hydrogen-bond acceptors (Lipinski definition) is 6. The van der Waals surface area contributed by atoms with E-state index in [2.05, 4.69) is 154 Å². The molecule has 0 spiro atoms. The third-order valence-electron chi connectivity index (χ3n) is 12.9. The van der Waals surface area contributed by atoms with Gasteiger partial charge in [0.2, 0.25) is 0 Å². The molecule has 0 saturated carbocycles. The Labute approximate surface area is 468 Å². The summed E-state index contributed by atoms with van der Waals surface area (Å²) in [5, 5.41) is 0. The minimum Gasteiger partial charge on any atom is -0.462 e. The van der Waals surface area contributed by atoms with E-state index in [9.17, 15) is 14.4 Å². The van der Waals surface area contributed by atoms with Gasteiger partial charge in [-0.1, -0.05) is 257 Å². The van der Waals surface area contributed by atoms with Crippen LogP contribution in [0.5, 0.6) is 0 Å². The predicted octanol–water partition coefficient (Wildman–Crippen LogP) is 21.4. The van der Waals surface area contributed by atoms with Crippen molar-refractivity contribution >= 4 is 17.9 Å². The molecule has 76 heavy (non-hydrogen) atoms. The van der Waals surface area contributed by atoms with Crippen LogP contribution < -0.4 is 0 Å². The number of carbonyl (C=O) groups excluding carboxylic acids is 3. The minimum absolute atomic E-state index is 0.0920. The second-order valence-electron chi connectivity index (χ2n) is 20.2. The first-order valence-corrected chi connectivity index (χ1v) is 31.2. The van der Waals surface area contributed by atoms with E-state index < -0.39 is 6.10 Å². The van der Waals surface area contributed by atoms with Gasteiger partial charge in [0.25, 0.3) is 0 Å². The summed E-state index contributed by atoms with van der Waals surface area (Å²) in [5.74, 6) is -0.921. The molecule has 0 aliphatic rings. The lowest BCUT2D eigenvalue weighted by Crippen LogP contribution is -2.30. The standard InChI is InChI=1S/C70H114O6/c1-4-7-10-13-16-19-22-24-26-28-30-31-32-33-34-35-36-37-38-39-41-42-44-46-48-51-54-57-60-63-69(72)75-66-67(65-74-68(71)62-59-56-53-50-21-18-15-12-9-6-3)76-70(73)64-61-58-55-52-49-47-45-43-40-29-27-25-23-20-17-14-11-8-5-2/h7-8,10-12,15-17,19-20,24-27,30-31,33-34,36-37,40,43,67H,4-6,9,13-14,18,21-23,28-29,32,35,38-39,41-42,44-66H2,1-3H3/b10-7-,11-8-,15-12-,19-16-,20-17-,26-24-,27-25-,31-30-,34-33-,37-36-,43-40-. The first-order chi connectivity index (χ1) is 37.5. The summed E-state index contributed by atoms with van der Waals surface area (Å²) < 4.78 is 16.9. The van der Waals surface area contributed by atoms with Gasteiger partial charge in [-0.15, -0.1) is 0 Å². The molecule has 0 aromatic carbocycles. The molecular formula is C70H114O6. The van der Waals surface area contributed by atoms with Crippen molar-refractivity contribution in [1.82, 2.24) is 0 Å². The molecule has 430 valence electrons. The summed E-state index contributed by atoms with van der Waals surface area (Å²) in [6.07, 6.45) is 88.9. The number of esters is 3. The van der Waals surface area contributed by atoms with Crippen LogP contribution in [0, 0.1) is 0 Å². The van der Waals surface area contributed by atoms with Crippen molar-refractivity contribution in [3.63, 3.8) is 0 Å². The number of carbonyl (C=O) groups is 3. The summed E-state index contributed by atoms with van der Waals surface area (Å²) >= 11 is 0. The monoisotopic (exact) mass is 1050 g/mol. The fraction of sp³-hybridized carbons (Fsp3) is 0.643. The quantitative estimate of drug-likeness (QED) is 0.0261. The van der Waals surface area contributed by atoms with Gasteiger partial charge in [0.1, 0.15) is 13.2 Å². The van der Waals surface area contributed by atoms with Gasteiger partial charge in [0.05, 0.1) is 0 Å². The average Bonchev–Trinajstić information content (AvgIpc) is 3.42. The lowest BCUT2D eigenvalue weighted by Gasteiger charge is -2.18. The van der Waals surface area contributed by atoms with Crippen LogP contribution in [0.1, 0.15) is 271 Å².